The molecule has 0 bridgehead atoms. The number of amides is 1. The molecular formula is C27H27N3O3. The minimum absolute atomic E-state index is 0.0799. The Morgan fingerprint density at radius 1 is 1.03 bits per heavy atom. The minimum atomic E-state index is -0.743. The Morgan fingerprint density at radius 2 is 1.76 bits per heavy atom. The first-order chi connectivity index (χ1) is 15.7. The summed E-state index contributed by atoms with van der Waals surface area (Å²) in [6.07, 6.45) is 4.87. The smallest absolute Gasteiger partial charge is 0.296 e. The van der Waals surface area contributed by atoms with Gasteiger partial charge in [0.25, 0.3) is 11.7 Å². The second-order valence-corrected chi connectivity index (χ2v) is 9.31. The Morgan fingerprint density at radius 3 is 2.39 bits per heavy atom. The molecule has 3 heterocycles. The van der Waals surface area contributed by atoms with Crippen LogP contribution in [-0.4, -0.2) is 31.7 Å². The molecule has 2 aromatic heterocycles. The molecule has 3 aromatic rings. The molecule has 0 spiro atoms. The summed E-state index contributed by atoms with van der Waals surface area (Å²) in [5.74, 6) is -1.53. The summed E-state index contributed by atoms with van der Waals surface area (Å²) in [5.41, 5.74) is 3.70. The van der Waals surface area contributed by atoms with Crippen LogP contribution < -0.4 is 0 Å². The van der Waals surface area contributed by atoms with Gasteiger partial charge in [0.15, 0.2) is 0 Å². The zero-order valence-corrected chi connectivity index (χ0v) is 19.2. The summed E-state index contributed by atoms with van der Waals surface area (Å²) in [4.78, 5) is 36.2. The fourth-order valence-electron chi connectivity index (χ4n) is 4.09. The number of hydrogen-bond donors (Lipinski definition) is 1. The van der Waals surface area contributed by atoms with Gasteiger partial charge >= 0.3 is 0 Å². The molecule has 1 saturated heterocycles. The lowest BCUT2D eigenvalue weighted by atomic mass is 9.84. The number of benzene rings is 1. The molecule has 0 radical (unpaired) electrons. The van der Waals surface area contributed by atoms with Crippen molar-refractivity contribution in [3.05, 3.63) is 101 Å². The van der Waals surface area contributed by atoms with E-state index in [-0.39, 0.29) is 23.3 Å². The van der Waals surface area contributed by atoms with Crippen molar-refractivity contribution in [1.29, 1.82) is 0 Å². The lowest BCUT2D eigenvalue weighted by molar-refractivity contribution is -0.140. The van der Waals surface area contributed by atoms with Crippen molar-refractivity contribution in [2.45, 2.75) is 45.7 Å². The maximum absolute atomic E-state index is 13.3. The van der Waals surface area contributed by atoms with E-state index in [9.17, 15) is 14.7 Å². The summed E-state index contributed by atoms with van der Waals surface area (Å²) in [6.45, 7) is 8.29. The number of aliphatic hydroxyl groups is 1. The first kappa shape index (κ1) is 22.4. The van der Waals surface area contributed by atoms with Crippen molar-refractivity contribution in [2.75, 3.05) is 0 Å². The summed E-state index contributed by atoms with van der Waals surface area (Å²) < 4.78 is 0. The molecule has 168 valence electrons. The lowest BCUT2D eigenvalue weighted by Crippen LogP contribution is -2.29. The third-order valence-electron chi connectivity index (χ3n) is 5.98. The van der Waals surface area contributed by atoms with E-state index in [4.69, 9.17) is 0 Å². The van der Waals surface area contributed by atoms with Gasteiger partial charge in [-0.1, -0.05) is 39.0 Å². The Hall–Kier alpha value is -3.80. The van der Waals surface area contributed by atoms with Crippen LogP contribution in [0.5, 0.6) is 0 Å². The average Bonchev–Trinajstić information content (AvgIpc) is 3.04. The summed E-state index contributed by atoms with van der Waals surface area (Å²) in [6, 6.07) is 14.1. The van der Waals surface area contributed by atoms with Gasteiger partial charge in [0.1, 0.15) is 5.76 Å². The topological polar surface area (TPSA) is 83.4 Å². The zero-order valence-electron chi connectivity index (χ0n) is 19.2. The summed E-state index contributed by atoms with van der Waals surface area (Å²) >= 11 is 0. The molecule has 1 unspecified atom stereocenters. The highest BCUT2D eigenvalue weighted by Gasteiger charge is 2.46. The number of hydrogen-bond acceptors (Lipinski definition) is 5. The van der Waals surface area contributed by atoms with Gasteiger partial charge in [-0.05, 0) is 59.4 Å². The third kappa shape index (κ3) is 4.29. The third-order valence-corrected chi connectivity index (χ3v) is 5.98. The zero-order chi connectivity index (χ0) is 23.8. The standard InChI is InChI=1S/C27H27N3O3/c1-17-8-9-19(27(2,3)4)15-21(17)24(31)22-23(18-10-13-28-14-11-18)30(26(33)25(22)32)16-20-7-5-6-12-29-20/h5-15,23,31H,16H2,1-4H3/b24-22+. The van der Waals surface area contributed by atoms with Gasteiger partial charge in [0.2, 0.25) is 0 Å². The number of carbonyl (C=O) groups excluding carboxylic acids is 2. The SMILES string of the molecule is Cc1ccc(C(C)(C)C)cc1/C(O)=C1\C(=O)C(=O)N(Cc2ccccn2)C1c1ccncc1. The van der Waals surface area contributed by atoms with Gasteiger partial charge < -0.3 is 10.0 Å². The molecular weight excluding hydrogens is 414 g/mol. The fourth-order valence-corrected chi connectivity index (χ4v) is 4.09. The Balaban J connectivity index is 1.90. The van der Waals surface area contributed by atoms with Gasteiger partial charge in [0.05, 0.1) is 23.9 Å². The van der Waals surface area contributed by atoms with Gasteiger partial charge in [-0.2, -0.15) is 0 Å². The molecule has 6 heteroatoms. The van der Waals surface area contributed by atoms with Crippen LogP contribution in [0.15, 0.2) is 72.7 Å². The molecule has 6 nitrogen and oxygen atoms in total. The number of Topliss-reactive ketones (excluding diaryl/α,β-unsaturated/α-hetero) is 1. The van der Waals surface area contributed by atoms with Gasteiger partial charge in [-0.3, -0.25) is 19.6 Å². The highest BCUT2D eigenvalue weighted by Crippen LogP contribution is 2.41. The predicted octanol–water partition coefficient (Wildman–Crippen LogP) is 4.70. The second-order valence-electron chi connectivity index (χ2n) is 9.31. The largest absolute Gasteiger partial charge is 0.507 e. The first-order valence-electron chi connectivity index (χ1n) is 10.9. The molecule has 1 atom stereocenters. The van der Waals surface area contributed by atoms with E-state index < -0.39 is 17.7 Å². The molecule has 1 aliphatic heterocycles. The van der Waals surface area contributed by atoms with Crippen LogP contribution >= 0.6 is 0 Å². The Labute approximate surface area is 193 Å². The first-order valence-corrected chi connectivity index (χ1v) is 10.9. The lowest BCUT2D eigenvalue weighted by Gasteiger charge is -2.25. The quantitative estimate of drug-likeness (QED) is 0.360. The number of nitrogens with zero attached hydrogens (tertiary/aromatic N) is 3. The van der Waals surface area contributed by atoms with E-state index in [1.54, 1.807) is 42.9 Å². The molecule has 1 fully saturated rings. The number of aliphatic hydroxyl groups excluding tert-OH is 1. The summed E-state index contributed by atoms with van der Waals surface area (Å²) in [5, 5.41) is 11.4. The molecule has 0 saturated carbocycles. The Kier molecular flexibility index (Phi) is 5.85. The summed E-state index contributed by atoms with van der Waals surface area (Å²) in [7, 11) is 0. The molecule has 4 rings (SSSR count). The second kappa shape index (κ2) is 8.62. The van der Waals surface area contributed by atoms with Crippen molar-refractivity contribution >= 4 is 17.4 Å². The van der Waals surface area contributed by atoms with Crippen molar-refractivity contribution in [1.82, 2.24) is 14.9 Å². The fraction of sp³-hybridized carbons (Fsp3) is 0.259. The van der Waals surface area contributed by atoms with Crippen LogP contribution in [0.25, 0.3) is 5.76 Å². The van der Waals surface area contributed by atoms with E-state index in [2.05, 4.69) is 30.7 Å². The highest BCUT2D eigenvalue weighted by atomic mass is 16.3. The van der Waals surface area contributed by atoms with Gasteiger partial charge in [-0.15, -0.1) is 0 Å². The van der Waals surface area contributed by atoms with Crippen LogP contribution in [-0.2, 0) is 21.5 Å². The predicted molar refractivity (Wildman–Crippen MR) is 126 cm³/mol. The van der Waals surface area contributed by atoms with Crippen molar-refractivity contribution in [2.24, 2.45) is 0 Å². The van der Waals surface area contributed by atoms with Gasteiger partial charge in [-0.25, -0.2) is 0 Å². The van der Waals surface area contributed by atoms with Crippen molar-refractivity contribution in [3.63, 3.8) is 0 Å². The molecule has 0 aliphatic carbocycles. The number of aryl methyl sites for hydroxylation is 1. The number of ketones is 1. The normalized spacial score (nSPS) is 18.1. The van der Waals surface area contributed by atoms with Crippen LogP contribution in [0.3, 0.4) is 0 Å². The van der Waals surface area contributed by atoms with Crippen LogP contribution in [0.1, 0.15) is 54.8 Å². The molecule has 1 amide bonds. The van der Waals surface area contributed by atoms with E-state index in [1.807, 2.05) is 31.2 Å². The van der Waals surface area contributed by atoms with Crippen LogP contribution in [0.2, 0.25) is 0 Å². The highest BCUT2D eigenvalue weighted by molar-refractivity contribution is 6.46. The van der Waals surface area contributed by atoms with Crippen molar-refractivity contribution in [3.8, 4) is 0 Å². The van der Waals surface area contributed by atoms with E-state index in [0.29, 0.717) is 16.8 Å². The van der Waals surface area contributed by atoms with Crippen LogP contribution in [0.4, 0.5) is 0 Å². The number of aromatic nitrogens is 2. The number of carbonyl (C=O) groups is 2. The number of likely N-dealkylation sites (tertiary alicyclic amines) is 1. The minimum Gasteiger partial charge on any atom is -0.507 e. The molecule has 33 heavy (non-hydrogen) atoms. The van der Waals surface area contributed by atoms with Crippen molar-refractivity contribution < 1.29 is 14.7 Å². The van der Waals surface area contributed by atoms with Crippen LogP contribution in [0, 0.1) is 6.92 Å². The van der Waals surface area contributed by atoms with E-state index in [0.717, 1.165) is 11.1 Å². The number of rotatable bonds is 4. The molecule has 1 N–H and O–H groups in total. The van der Waals surface area contributed by atoms with E-state index in [1.165, 1.54) is 4.90 Å². The van der Waals surface area contributed by atoms with E-state index >= 15 is 0 Å². The van der Waals surface area contributed by atoms with Gasteiger partial charge in [0, 0.05) is 24.2 Å². The maximum Gasteiger partial charge on any atom is 0.296 e. The monoisotopic (exact) mass is 441 g/mol. The Bertz CT molecular complexity index is 1230. The average molecular weight is 442 g/mol. The molecule has 1 aromatic carbocycles. The number of pyridine rings is 2. The molecule has 1 aliphatic rings. The maximum atomic E-state index is 13.3.